The van der Waals surface area contributed by atoms with Crippen molar-refractivity contribution in [1.29, 1.82) is 0 Å². The molecule has 1 aliphatic rings. The summed E-state index contributed by atoms with van der Waals surface area (Å²) in [6.45, 7) is 8.99. The summed E-state index contributed by atoms with van der Waals surface area (Å²) < 4.78 is 7.04. The highest BCUT2D eigenvalue weighted by Gasteiger charge is 2.20. The van der Waals surface area contributed by atoms with E-state index in [-0.39, 0.29) is 5.91 Å². The minimum Gasteiger partial charge on any atom is -0.361 e. The van der Waals surface area contributed by atoms with Crippen LogP contribution in [-0.2, 0) is 17.8 Å². The van der Waals surface area contributed by atoms with E-state index >= 15 is 0 Å². The van der Waals surface area contributed by atoms with E-state index < -0.39 is 0 Å². The van der Waals surface area contributed by atoms with Crippen molar-refractivity contribution < 1.29 is 9.32 Å². The van der Waals surface area contributed by atoms with Crippen LogP contribution in [0.15, 0.2) is 15.9 Å². The number of nitrogens with one attached hydrogen (secondary N) is 1. The standard InChI is InChI=1S/C22H31N7O2S/c1-4-32-22-25-20(28-11-6-5-7-12-28)18-14-24-29(21(18)26-22)13-10-23-19(30)9-8-17-15(2)27-31-16(17)3/h14H,4-13H2,1-3H3,(H,23,30). The molecule has 1 fully saturated rings. The summed E-state index contributed by atoms with van der Waals surface area (Å²) in [6, 6.07) is 0. The maximum absolute atomic E-state index is 12.3. The number of carbonyl (C=O) groups excluding carboxylic acids is 1. The van der Waals surface area contributed by atoms with Crippen LogP contribution in [0.25, 0.3) is 11.0 Å². The predicted molar refractivity (Wildman–Crippen MR) is 125 cm³/mol. The molecule has 4 heterocycles. The second kappa shape index (κ2) is 10.3. The van der Waals surface area contributed by atoms with Crippen molar-refractivity contribution >= 4 is 34.5 Å². The Kier molecular flexibility index (Phi) is 7.29. The lowest BCUT2D eigenvalue weighted by Crippen LogP contribution is -2.30. The van der Waals surface area contributed by atoms with Gasteiger partial charge in [-0.3, -0.25) is 4.79 Å². The first kappa shape index (κ1) is 22.6. The van der Waals surface area contributed by atoms with Gasteiger partial charge in [0.1, 0.15) is 11.6 Å². The Bertz CT molecular complexity index is 1050. The zero-order valence-electron chi connectivity index (χ0n) is 19.1. The SMILES string of the molecule is CCSc1nc(N2CCCCC2)c2cnn(CCNC(=O)CCc3c(C)noc3C)c2n1. The Hall–Kier alpha value is -2.62. The van der Waals surface area contributed by atoms with Crippen molar-refractivity contribution in [1.82, 2.24) is 30.2 Å². The van der Waals surface area contributed by atoms with E-state index in [1.54, 1.807) is 11.8 Å². The van der Waals surface area contributed by atoms with Gasteiger partial charge in [-0.1, -0.05) is 23.8 Å². The molecule has 0 spiro atoms. The lowest BCUT2D eigenvalue weighted by Gasteiger charge is -2.28. The van der Waals surface area contributed by atoms with Crippen molar-refractivity contribution in [2.75, 3.05) is 30.3 Å². The summed E-state index contributed by atoms with van der Waals surface area (Å²) in [4.78, 5) is 24.3. The van der Waals surface area contributed by atoms with Gasteiger partial charge in [-0.25, -0.2) is 14.6 Å². The molecular formula is C22H31N7O2S. The zero-order valence-corrected chi connectivity index (χ0v) is 19.9. The number of rotatable bonds is 9. The molecule has 0 aliphatic carbocycles. The van der Waals surface area contributed by atoms with Crippen LogP contribution in [0.2, 0.25) is 0 Å². The number of piperidine rings is 1. The van der Waals surface area contributed by atoms with Gasteiger partial charge in [-0.05, 0) is 45.3 Å². The van der Waals surface area contributed by atoms with Crippen LogP contribution < -0.4 is 10.2 Å². The van der Waals surface area contributed by atoms with E-state index in [2.05, 4.69) is 27.4 Å². The molecule has 1 N–H and O–H groups in total. The summed E-state index contributed by atoms with van der Waals surface area (Å²) in [7, 11) is 0. The number of fused-ring (bicyclic) bond motifs is 1. The number of nitrogens with zero attached hydrogens (tertiary/aromatic N) is 6. The molecule has 172 valence electrons. The molecule has 9 nitrogen and oxygen atoms in total. The molecule has 0 radical (unpaired) electrons. The zero-order chi connectivity index (χ0) is 22.5. The second-order valence-electron chi connectivity index (χ2n) is 8.07. The van der Waals surface area contributed by atoms with Gasteiger partial charge in [0.15, 0.2) is 10.8 Å². The third-order valence-electron chi connectivity index (χ3n) is 5.81. The minimum atomic E-state index is 0.00678. The number of aromatic nitrogens is 5. The minimum absolute atomic E-state index is 0.00678. The van der Waals surface area contributed by atoms with E-state index in [9.17, 15) is 4.79 Å². The first-order valence-corrected chi connectivity index (χ1v) is 12.3. The van der Waals surface area contributed by atoms with Gasteiger partial charge >= 0.3 is 0 Å². The molecule has 0 aromatic carbocycles. The molecule has 1 aliphatic heterocycles. The molecule has 3 aromatic rings. The van der Waals surface area contributed by atoms with Gasteiger partial charge in [-0.2, -0.15) is 5.10 Å². The largest absolute Gasteiger partial charge is 0.361 e. The topological polar surface area (TPSA) is 102 Å². The van der Waals surface area contributed by atoms with Crippen LogP contribution in [0.5, 0.6) is 0 Å². The van der Waals surface area contributed by atoms with Crippen molar-refractivity contribution in [3.05, 3.63) is 23.2 Å². The van der Waals surface area contributed by atoms with Crippen LogP contribution in [0.4, 0.5) is 5.82 Å². The number of carbonyl (C=O) groups is 1. The summed E-state index contributed by atoms with van der Waals surface area (Å²) in [5.41, 5.74) is 2.70. The highest BCUT2D eigenvalue weighted by atomic mass is 32.2. The van der Waals surface area contributed by atoms with Crippen LogP contribution in [0.1, 0.15) is 49.6 Å². The Morgan fingerprint density at radius 3 is 2.75 bits per heavy atom. The van der Waals surface area contributed by atoms with Crippen LogP contribution >= 0.6 is 11.8 Å². The molecule has 3 aromatic heterocycles. The van der Waals surface area contributed by atoms with Crippen LogP contribution in [0, 0.1) is 13.8 Å². The van der Waals surface area contributed by atoms with Crippen molar-refractivity contribution in [3.8, 4) is 0 Å². The van der Waals surface area contributed by atoms with Gasteiger partial charge in [0.25, 0.3) is 0 Å². The van der Waals surface area contributed by atoms with E-state index in [1.165, 1.54) is 19.3 Å². The number of hydrogen-bond acceptors (Lipinski definition) is 8. The number of thioether (sulfide) groups is 1. The monoisotopic (exact) mass is 457 g/mol. The smallest absolute Gasteiger partial charge is 0.220 e. The summed E-state index contributed by atoms with van der Waals surface area (Å²) in [5.74, 6) is 2.69. The van der Waals surface area contributed by atoms with Gasteiger partial charge in [0.2, 0.25) is 5.91 Å². The normalized spacial score (nSPS) is 14.3. The van der Waals surface area contributed by atoms with Gasteiger partial charge in [-0.15, -0.1) is 0 Å². The van der Waals surface area contributed by atoms with E-state index in [0.717, 1.165) is 57.9 Å². The third kappa shape index (κ3) is 5.06. The van der Waals surface area contributed by atoms with Gasteiger partial charge in [0, 0.05) is 31.6 Å². The van der Waals surface area contributed by atoms with E-state index in [1.807, 2.05) is 24.7 Å². The van der Waals surface area contributed by atoms with E-state index in [4.69, 9.17) is 14.5 Å². The highest BCUT2D eigenvalue weighted by molar-refractivity contribution is 7.99. The molecule has 10 heteroatoms. The fraction of sp³-hybridized carbons (Fsp3) is 0.591. The molecule has 1 saturated heterocycles. The van der Waals surface area contributed by atoms with Crippen LogP contribution in [-0.4, -0.2) is 56.2 Å². The van der Waals surface area contributed by atoms with Crippen molar-refractivity contribution in [2.45, 2.75) is 64.6 Å². The summed E-state index contributed by atoms with van der Waals surface area (Å²) in [5, 5.41) is 13.3. The van der Waals surface area contributed by atoms with Crippen LogP contribution in [0.3, 0.4) is 0 Å². The molecule has 0 bridgehead atoms. The second-order valence-corrected chi connectivity index (χ2v) is 9.30. The number of anilines is 1. The van der Waals surface area contributed by atoms with Crippen molar-refractivity contribution in [2.24, 2.45) is 0 Å². The third-order valence-corrected chi connectivity index (χ3v) is 6.54. The van der Waals surface area contributed by atoms with Gasteiger partial charge in [0.05, 0.1) is 23.8 Å². The molecule has 0 saturated carbocycles. The average molecular weight is 458 g/mol. The Morgan fingerprint density at radius 2 is 2.03 bits per heavy atom. The molecular weight excluding hydrogens is 426 g/mol. The maximum atomic E-state index is 12.3. The Morgan fingerprint density at radius 1 is 1.22 bits per heavy atom. The molecule has 0 atom stereocenters. The molecule has 1 amide bonds. The number of amides is 1. The Labute approximate surface area is 192 Å². The van der Waals surface area contributed by atoms with Gasteiger partial charge < -0.3 is 14.7 Å². The fourth-order valence-electron chi connectivity index (χ4n) is 4.11. The average Bonchev–Trinajstić information content (AvgIpc) is 3.35. The van der Waals surface area contributed by atoms with Crippen molar-refractivity contribution in [3.63, 3.8) is 0 Å². The van der Waals surface area contributed by atoms with E-state index in [0.29, 0.717) is 25.9 Å². The lowest BCUT2D eigenvalue weighted by atomic mass is 10.1. The first-order valence-electron chi connectivity index (χ1n) is 11.4. The maximum Gasteiger partial charge on any atom is 0.220 e. The predicted octanol–water partition coefficient (Wildman–Crippen LogP) is 3.28. The fourth-order valence-corrected chi connectivity index (χ4v) is 4.67. The molecule has 0 unspecified atom stereocenters. The number of aryl methyl sites for hydroxylation is 2. The first-order chi connectivity index (χ1) is 15.6. The number of hydrogen-bond donors (Lipinski definition) is 1. The lowest BCUT2D eigenvalue weighted by molar-refractivity contribution is -0.121. The summed E-state index contributed by atoms with van der Waals surface area (Å²) in [6.07, 6.45) is 6.55. The quantitative estimate of drug-likeness (QED) is 0.386. The highest BCUT2D eigenvalue weighted by Crippen LogP contribution is 2.29. The molecule has 32 heavy (non-hydrogen) atoms. The molecule has 4 rings (SSSR count). The summed E-state index contributed by atoms with van der Waals surface area (Å²) >= 11 is 1.64. The Balaban J connectivity index is 1.41.